The van der Waals surface area contributed by atoms with Gasteiger partial charge >= 0.3 is 6.18 Å². The molecule has 45 heavy (non-hydrogen) atoms. The molecule has 0 radical (unpaired) electrons. The van der Waals surface area contributed by atoms with E-state index in [-0.39, 0.29) is 51.6 Å². The first-order valence-electron chi connectivity index (χ1n) is 14.5. The molecule has 2 amide bonds. The third-order valence-electron chi connectivity index (χ3n) is 7.81. The highest BCUT2D eigenvalue weighted by atomic mass is 35.5. The first kappa shape index (κ1) is 32.5. The highest BCUT2D eigenvalue weighted by molar-refractivity contribution is 7.91. The lowest BCUT2D eigenvalue weighted by atomic mass is 9.99. The number of hydrogen-bond donors (Lipinski definition) is 2. The van der Waals surface area contributed by atoms with Gasteiger partial charge < -0.3 is 15.1 Å². The van der Waals surface area contributed by atoms with Gasteiger partial charge in [0.1, 0.15) is 11.3 Å². The van der Waals surface area contributed by atoms with Crippen molar-refractivity contribution >= 4 is 44.2 Å². The Balaban J connectivity index is 1.41. The number of hydrogen-bond acceptors (Lipinski definition) is 6. The third-order valence-corrected chi connectivity index (χ3v) is 9.76. The first-order chi connectivity index (χ1) is 21.3. The summed E-state index contributed by atoms with van der Waals surface area (Å²) in [6, 6.07) is 10.5. The van der Waals surface area contributed by atoms with Crippen molar-refractivity contribution in [2.24, 2.45) is 5.92 Å². The van der Waals surface area contributed by atoms with Crippen LogP contribution >= 0.6 is 11.6 Å². The van der Waals surface area contributed by atoms with Crippen LogP contribution in [0, 0.1) is 5.92 Å². The summed E-state index contributed by atoms with van der Waals surface area (Å²) in [4.78, 5) is 30.1. The van der Waals surface area contributed by atoms with Crippen molar-refractivity contribution in [1.29, 1.82) is 0 Å². The minimum atomic E-state index is -4.60. The topological polar surface area (TPSA) is 118 Å². The number of rotatable bonds is 11. The molecule has 0 aliphatic heterocycles. The van der Waals surface area contributed by atoms with Gasteiger partial charge in [-0.2, -0.15) is 13.2 Å². The highest BCUT2D eigenvalue weighted by Gasteiger charge is 2.34. The number of furan rings is 1. The molecule has 13 heteroatoms. The molecule has 1 fully saturated rings. The summed E-state index contributed by atoms with van der Waals surface area (Å²) in [5, 5.41) is 6.34. The quantitative estimate of drug-likeness (QED) is 0.191. The molecule has 0 unspecified atom stereocenters. The molecular weight excluding hydrogens is 631 g/mol. The van der Waals surface area contributed by atoms with Crippen LogP contribution in [-0.2, 0) is 33.6 Å². The van der Waals surface area contributed by atoms with Crippen molar-refractivity contribution in [3.05, 3.63) is 93.5 Å². The van der Waals surface area contributed by atoms with E-state index in [1.807, 2.05) is 6.92 Å². The van der Waals surface area contributed by atoms with Crippen LogP contribution in [0.15, 0.2) is 64.0 Å². The number of aromatic nitrogens is 1. The number of sulfone groups is 1. The van der Waals surface area contributed by atoms with Gasteiger partial charge in [0.15, 0.2) is 9.84 Å². The molecule has 238 valence electrons. The zero-order chi connectivity index (χ0) is 32.5. The zero-order valence-electron chi connectivity index (χ0n) is 24.5. The van der Waals surface area contributed by atoms with Crippen LogP contribution in [0.4, 0.5) is 13.2 Å². The molecule has 1 saturated carbocycles. The summed E-state index contributed by atoms with van der Waals surface area (Å²) >= 11 is 5.84. The van der Waals surface area contributed by atoms with E-state index in [9.17, 15) is 31.2 Å². The standard InChI is InChI=1S/C32H31ClF3N3O5S/c1-3-23-24-11-8-20(14-29(24)44-28(23)13-19-7-9-21(33)15-25(19)32(34,35)36)31(41)39-27(17-38-30(40)18-5-6-18)26-12-10-22(16-37-26)45(42,43)4-2/h7-12,14-16,18,27H,3-6,13,17H2,1-2H3,(H,38,40)(H,39,41)/t27-/m0/s1. The van der Waals surface area contributed by atoms with Crippen molar-refractivity contribution in [3.63, 3.8) is 0 Å². The van der Waals surface area contributed by atoms with Crippen LogP contribution < -0.4 is 10.6 Å². The second kappa shape index (κ2) is 12.8. The SMILES string of the molecule is CCc1c(Cc2ccc(Cl)cc2C(F)(F)F)oc2cc(C(=O)N[C@@H](CNC(=O)C3CC3)c3ccc(S(=O)(=O)CC)cn3)ccc12. The fraction of sp³-hybridized carbons (Fsp3) is 0.344. The van der Waals surface area contributed by atoms with Gasteiger partial charge in [-0.15, -0.1) is 0 Å². The fourth-order valence-electron chi connectivity index (χ4n) is 5.12. The lowest BCUT2D eigenvalue weighted by Crippen LogP contribution is -2.38. The van der Waals surface area contributed by atoms with Crippen molar-refractivity contribution in [2.75, 3.05) is 12.3 Å². The van der Waals surface area contributed by atoms with Gasteiger partial charge in [0, 0.05) is 46.6 Å². The van der Waals surface area contributed by atoms with Crippen LogP contribution in [0.3, 0.4) is 0 Å². The van der Waals surface area contributed by atoms with Gasteiger partial charge in [-0.05, 0) is 61.2 Å². The summed E-state index contributed by atoms with van der Waals surface area (Å²) in [5.74, 6) is -0.446. The molecule has 5 rings (SSSR count). The first-order valence-corrected chi connectivity index (χ1v) is 16.5. The van der Waals surface area contributed by atoms with Crippen molar-refractivity contribution in [3.8, 4) is 0 Å². The number of amides is 2. The number of carbonyl (C=O) groups excluding carboxylic acids is 2. The average Bonchev–Trinajstić information content (AvgIpc) is 3.81. The Morgan fingerprint density at radius 3 is 2.47 bits per heavy atom. The van der Waals surface area contributed by atoms with Crippen molar-refractivity contribution in [1.82, 2.24) is 15.6 Å². The monoisotopic (exact) mass is 661 g/mol. The predicted molar refractivity (Wildman–Crippen MR) is 163 cm³/mol. The molecule has 0 saturated heterocycles. The van der Waals surface area contributed by atoms with Gasteiger partial charge in [0.05, 0.1) is 27.9 Å². The number of nitrogens with zero attached hydrogens (tertiary/aromatic N) is 1. The lowest BCUT2D eigenvalue weighted by molar-refractivity contribution is -0.138. The Bertz CT molecular complexity index is 1850. The second-order valence-corrected chi connectivity index (χ2v) is 13.6. The molecule has 2 aromatic carbocycles. The highest BCUT2D eigenvalue weighted by Crippen LogP contribution is 2.37. The minimum Gasteiger partial charge on any atom is -0.460 e. The Morgan fingerprint density at radius 1 is 1.09 bits per heavy atom. The maximum Gasteiger partial charge on any atom is 0.416 e. The molecule has 2 heterocycles. The van der Waals surface area contributed by atoms with Gasteiger partial charge in [-0.25, -0.2) is 8.42 Å². The Morgan fingerprint density at radius 2 is 1.84 bits per heavy atom. The lowest BCUT2D eigenvalue weighted by Gasteiger charge is -2.19. The van der Waals surface area contributed by atoms with Gasteiger partial charge in [-0.3, -0.25) is 14.6 Å². The van der Waals surface area contributed by atoms with Gasteiger partial charge in [-0.1, -0.05) is 37.6 Å². The number of carbonyl (C=O) groups is 2. The van der Waals surface area contributed by atoms with E-state index >= 15 is 0 Å². The van der Waals surface area contributed by atoms with Crippen LogP contribution in [-0.4, -0.2) is 37.5 Å². The van der Waals surface area contributed by atoms with Crippen molar-refractivity contribution < 1.29 is 35.6 Å². The number of halogens is 4. The Hall–Kier alpha value is -3.90. The maximum absolute atomic E-state index is 13.7. The summed E-state index contributed by atoms with van der Waals surface area (Å²) < 4.78 is 71.7. The number of alkyl halides is 3. The minimum absolute atomic E-state index is 0.0139. The van der Waals surface area contributed by atoms with E-state index in [1.165, 1.54) is 43.5 Å². The van der Waals surface area contributed by atoms with E-state index in [2.05, 4.69) is 15.6 Å². The fourth-order valence-corrected chi connectivity index (χ4v) is 6.12. The summed E-state index contributed by atoms with van der Waals surface area (Å²) in [6.07, 6.45) is -1.41. The van der Waals surface area contributed by atoms with E-state index in [4.69, 9.17) is 16.0 Å². The van der Waals surface area contributed by atoms with Crippen LogP contribution in [0.2, 0.25) is 5.02 Å². The molecule has 2 aromatic heterocycles. The molecule has 1 atom stereocenters. The molecular formula is C32H31ClF3N3O5S. The third kappa shape index (κ3) is 7.33. The Labute approximate surface area is 263 Å². The van der Waals surface area contributed by atoms with Crippen LogP contribution in [0.25, 0.3) is 11.0 Å². The molecule has 0 bridgehead atoms. The van der Waals surface area contributed by atoms with E-state index in [1.54, 1.807) is 12.1 Å². The number of fused-ring (bicyclic) bond motifs is 1. The number of nitrogens with one attached hydrogen (secondary N) is 2. The normalized spacial score (nSPS) is 14.4. The van der Waals surface area contributed by atoms with Gasteiger partial charge in [0.25, 0.3) is 5.91 Å². The van der Waals surface area contributed by atoms with Gasteiger partial charge in [0.2, 0.25) is 5.91 Å². The van der Waals surface area contributed by atoms with E-state index in [0.717, 1.165) is 24.5 Å². The van der Waals surface area contributed by atoms with Crippen LogP contribution in [0.1, 0.15) is 71.2 Å². The zero-order valence-corrected chi connectivity index (χ0v) is 26.1. The molecule has 2 N–H and O–H groups in total. The van der Waals surface area contributed by atoms with Crippen LogP contribution in [0.5, 0.6) is 0 Å². The molecule has 1 aliphatic rings. The van der Waals surface area contributed by atoms with E-state index in [0.29, 0.717) is 28.8 Å². The predicted octanol–water partition coefficient (Wildman–Crippen LogP) is 6.44. The molecule has 4 aromatic rings. The molecule has 1 aliphatic carbocycles. The maximum atomic E-state index is 13.7. The smallest absolute Gasteiger partial charge is 0.416 e. The number of aryl methyl sites for hydroxylation is 1. The average molecular weight is 662 g/mol. The second-order valence-electron chi connectivity index (χ2n) is 10.9. The number of benzene rings is 2. The number of pyridine rings is 1. The summed E-state index contributed by atoms with van der Waals surface area (Å²) in [6.45, 7) is 3.43. The Kier molecular flexibility index (Phi) is 9.27. The largest absolute Gasteiger partial charge is 0.460 e. The van der Waals surface area contributed by atoms with Crippen molar-refractivity contribution in [2.45, 2.75) is 56.6 Å². The summed E-state index contributed by atoms with van der Waals surface area (Å²) in [5.41, 5.74) is 0.811. The molecule has 0 spiro atoms. The van der Waals surface area contributed by atoms with E-state index < -0.39 is 33.5 Å². The summed E-state index contributed by atoms with van der Waals surface area (Å²) in [7, 11) is -3.48. The molecule has 8 nitrogen and oxygen atoms in total.